The smallest absolute Gasteiger partial charge is 0.429 e. The highest BCUT2D eigenvalue weighted by molar-refractivity contribution is 7.71. The van der Waals surface area contributed by atoms with Gasteiger partial charge in [0.15, 0.2) is 11.0 Å². The molecule has 2 N–H and O–H groups in total. The Bertz CT molecular complexity index is 1320. The summed E-state index contributed by atoms with van der Waals surface area (Å²) in [7, 11) is -4.33. The van der Waals surface area contributed by atoms with E-state index in [1.807, 2.05) is 0 Å². The van der Waals surface area contributed by atoms with Crippen LogP contribution in [0.4, 0.5) is 17.6 Å². The van der Waals surface area contributed by atoms with Gasteiger partial charge < -0.3 is 19.1 Å². The standard InChI is InChI=1S/C23H27F4N2O8PS/c1-13(2)35-19(32)14(3)12-38(33,37-15-7-5-4-6-8-15)34-11-16-18(31)22(24,23(25,26)27)20(36-16)29-10-9-17(30)28-21(29)39/h4-10,13-14,16,18,20,31H,11-12H2,1-3H3,(H,28,30,39)/t14-,16-,18+,20-,22?,38?/m1/s1. The molecule has 1 aromatic heterocycles. The van der Waals surface area contributed by atoms with Gasteiger partial charge in [-0.3, -0.25) is 23.7 Å². The molecule has 1 aliphatic heterocycles. The number of hydrogen-bond donors (Lipinski definition) is 2. The Morgan fingerprint density at radius 2 is 1.90 bits per heavy atom. The van der Waals surface area contributed by atoms with Crippen molar-refractivity contribution >= 4 is 25.8 Å². The van der Waals surface area contributed by atoms with E-state index in [0.717, 1.165) is 12.3 Å². The highest BCUT2D eigenvalue weighted by Gasteiger charge is 2.72. The first kappa shape index (κ1) is 31.0. The third kappa shape index (κ3) is 6.95. The molecule has 0 radical (unpaired) electrons. The van der Waals surface area contributed by atoms with Gasteiger partial charge in [-0.15, -0.1) is 0 Å². The van der Waals surface area contributed by atoms with Gasteiger partial charge in [0.1, 0.15) is 18.0 Å². The first-order valence-corrected chi connectivity index (χ1v) is 13.8. The number of benzene rings is 1. The molecule has 2 heterocycles. The van der Waals surface area contributed by atoms with Crippen molar-refractivity contribution in [2.24, 2.45) is 5.92 Å². The molecule has 1 saturated heterocycles. The fourth-order valence-electron chi connectivity index (χ4n) is 3.78. The maximum Gasteiger partial charge on any atom is 0.429 e. The number of carbonyl (C=O) groups is 1. The van der Waals surface area contributed by atoms with E-state index < -0.39 is 79.0 Å². The summed E-state index contributed by atoms with van der Waals surface area (Å²) in [4.78, 5) is 25.8. The summed E-state index contributed by atoms with van der Waals surface area (Å²) in [5.74, 6) is -1.69. The Labute approximate surface area is 225 Å². The number of esters is 1. The number of ether oxygens (including phenoxy) is 2. The van der Waals surface area contributed by atoms with Gasteiger partial charge in [0.05, 0.1) is 24.8 Å². The van der Waals surface area contributed by atoms with Crippen molar-refractivity contribution in [3.63, 3.8) is 0 Å². The molecule has 39 heavy (non-hydrogen) atoms. The van der Waals surface area contributed by atoms with E-state index in [1.54, 1.807) is 32.0 Å². The van der Waals surface area contributed by atoms with Crippen molar-refractivity contribution in [1.82, 2.24) is 9.55 Å². The summed E-state index contributed by atoms with van der Waals surface area (Å²) in [5.41, 5.74) is -5.15. The lowest BCUT2D eigenvalue weighted by Crippen LogP contribution is -2.54. The molecule has 216 valence electrons. The van der Waals surface area contributed by atoms with E-state index in [1.165, 1.54) is 19.1 Å². The van der Waals surface area contributed by atoms with Crippen molar-refractivity contribution in [2.75, 3.05) is 12.8 Å². The maximum atomic E-state index is 15.6. The molecule has 0 spiro atoms. The van der Waals surface area contributed by atoms with Crippen LogP contribution in [0.2, 0.25) is 0 Å². The summed E-state index contributed by atoms with van der Waals surface area (Å²) < 4.78 is 92.2. The Morgan fingerprint density at radius 1 is 1.26 bits per heavy atom. The second kappa shape index (κ2) is 11.9. The molecule has 0 bridgehead atoms. The number of rotatable bonds is 10. The van der Waals surface area contributed by atoms with Crippen molar-refractivity contribution in [2.45, 2.75) is 57.2 Å². The van der Waals surface area contributed by atoms with E-state index in [9.17, 15) is 32.4 Å². The van der Waals surface area contributed by atoms with Crippen molar-refractivity contribution in [1.29, 1.82) is 0 Å². The lowest BCUT2D eigenvalue weighted by Gasteiger charge is -2.31. The highest BCUT2D eigenvalue weighted by atomic mass is 32.1. The number of para-hydroxylation sites is 1. The first-order valence-electron chi connectivity index (χ1n) is 11.7. The van der Waals surface area contributed by atoms with Crippen molar-refractivity contribution in [3.05, 3.63) is 57.7 Å². The van der Waals surface area contributed by atoms with E-state index in [0.29, 0.717) is 4.57 Å². The predicted molar refractivity (Wildman–Crippen MR) is 132 cm³/mol. The van der Waals surface area contributed by atoms with Gasteiger partial charge in [0.25, 0.3) is 11.2 Å². The molecule has 2 unspecified atom stereocenters. The number of nitrogens with zero attached hydrogens (tertiary/aromatic N) is 1. The van der Waals surface area contributed by atoms with Gasteiger partial charge in [-0.2, -0.15) is 13.2 Å². The zero-order chi connectivity index (χ0) is 29.2. The Kier molecular flexibility index (Phi) is 9.43. The number of H-pyrrole nitrogens is 1. The second-order valence-electron chi connectivity index (χ2n) is 9.14. The number of carbonyl (C=O) groups excluding carboxylic acids is 1. The monoisotopic (exact) mass is 598 g/mol. The van der Waals surface area contributed by atoms with Gasteiger partial charge in [0, 0.05) is 12.3 Å². The normalized spacial score (nSPS) is 25.7. The van der Waals surface area contributed by atoms with Crippen LogP contribution in [0.1, 0.15) is 27.0 Å². The molecule has 3 rings (SSSR count). The third-order valence-corrected chi connectivity index (χ3v) is 8.00. The van der Waals surface area contributed by atoms with E-state index >= 15 is 4.39 Å². The van der Waals surface area contributed by atoms with Crippen LogP contribution >= 0.6 is 19.8 Å². The summed E-state index contributed by atoms with van der Waals surface area (Å²) in [5, 5.41) is 10.5. The lowest BCUT2D eigenvalue weighted by atomic mass is 9.95. The minimum atomic E-state index is -5.66. The third-order valence-electron chi connectivity index (χ3n) is 5.66. The Balaban J connectivity index is 1.90. The molecule has 0 amide bonds. The number of alkyl halides is 4. The molecule has 6 atom stereocenters. The zero-order valence-electron chi connectivity index (χ0n) is 21.0. The minimum absolute atomic E-state index is 0.0608. The molecule has 0 aliphatic carbocycles. The van der Waals surface area contributed by atoms with Crippen molar-refractivity contribution < 1.29 is 50.5 Å². The molecular formula is C23H27F4N2O8PS. The van der Waals surface area contributed by atoms with Crippen LogP contribution in [-0.4, -0.2) is 63.6 Å². The SMILES string of the molecule is CC(C)OC(=O)[C@H](C)CP(=O)(OC[C@H]1O[C@@H](n2ccc(=O)[nH]c2=S)C(F)(C(F)(F)F)[C@H]1O)Oc1ccccc1. The molecule has 0 saturated carbocycles. The van der Waals surface area contributed by atoms with Gasteiger partial charge >= 0.3 is 19.7 Å². The first-order chi connectivity index (χ1) is 18.1. The number of hydrogen-bond acceptors (Lipinski definition) is 9. The summed E-state index contributed by atoms with van der Waals surface area (Å²) in [6, 6.07) is 8.41. The average molecular weight is 599 g/mol. The largest absolute Gasteiger partial charge is 0.463 e. The fourth-order valence-corrected chi connectivity index (χ4v) is 5.90. The molecule has 1 aromatic carbocycles. The van der Waals surface area contributed by atoms with E-state index in [4.69, 9.17) is 30.7 Å². The summed E-state index contributed by atoms with van der Waals surface area (Å²) in [6.07, 6.45) is -13.3. The van der Waals surface area contributed by atoms with Crippen LogP contribution in [0, 0.1) is 10.7 Å². The van der Waals surface area contributed by atoms with Gasteiger partial charge in [0.2, 0.25) is 0 Å². The summed E-state index contributed by atoms with van der Waals surface area (Å²) in [6.45, 7) is 3.58. The van der Waals surface area contributed by atoms with Crippen LogP contribution in [0.3, 0.4) is 0 Å². The minimum Gasteiger partial charge on any atom is -0.463 e. The average Bonchev–Trinajstić information content (AvgIpc) is 3.09. The highest BCUT2D eigenvalue weighted by Crippen LogP contribution is 2.54. The number of aromatic nitrogens is 2. The van der Waals surface area contributed by atoms with Gasteiger partial charge in [-0.05, 0) is 38.2 Å². The molecular weight excluding hydrogens is 571 g/mol. The lowest BCUT2D eigenvalue weighted by molar-refractivity contribution is -0.273. The molecule has 1 aliphatic rings. The number of nitrogens with one attached hydrogen (secondary N) is 1. The summed E-state index contributed by atoms with van der Waals surface area (Å²) >= 11 is 4.85. The molecule has 1 fully saturated rings. The topological polar surface area (TPSA) is 129 Å². The van der Waals surface area contributed by atoms with Crippen LogP contribution in [0.25, 0.3) is 0 Å². The number of aromatic amines is 1. The number of aliphatic hydroxyl groups is 1. The molecule has 2 aromatic rings. The van der Waals surface area contributed by atoms with Crippen molar-refractivity contribution in [3.8, 4) is 5.75 Å². The number of aliphatic hydroxyl groups excluding tert-OH is 1. The zero-order valence-corrected chi connectivity index (χ0v) is 22.7. The van der Waals surface area contributed by atoms with E-state index in [2.05, 4.69) is 4.98 Å². The molecule has 10 nitrogen and oxygen atoms in total. The Morgan fingerprint density at radius 3 is 2.46 bits per heavy atom. The number of halogens is 4. The van der Waals surface area contributed by atoms with Gasteiger partial charge in [-0.1, -0.05) is 25.1 Å². The van der Waals surface area contributed by atoms with Crippen LogP contribution < -0.4 is 10.1 Å². The quantitative estimate of drug-likeness (QED) is 0.178. The van der Waals surface area contributed by atoms with E-state index in [-0.39, 0.29) is 5.75 Å². The maximum absolute atomic E-state index is 15.6. The second-order valence-corrected chi connectivity index (χ2v) is 11.5. The van der Waals surface area contributed by atoms with Crippen LogP contribution in [0.5, 0.6) is 5.75 Å². The van der Waals surface area contributed by atoms with Crippen LogP contribution in [0.15, 0.2) is 47.4 Å². The fraction of sp³-hybridized carbons (Fsp3) is 0.522. The van der Waals surface area contributed by atoms with Crippen LogP contribution in [-0.2, 0) is 23.4 Å². The predicted octanol–water partition coefficient (Wildman–Crippen LogP) is 4.31. The van der Waals surface area contributed by atoms with Gasteiger partial charge in [-0.25, -0.2) is 8.96 Å². The Hall–Kier alpha value is -2.58. The molecule has 16 heteroatoms.